The molecule has 0 aromatic heterocycles. The van der Waals surface area contributed by atoms with E-state index in [1.807, 2.05) is 45.0 Å². The fourth-order valence-corrected chi connectivity index (χ4v) is 5.54. The smallest absolute Gasteiger partial charge is 0.240 e. The number of amides is 2. The third-order valence-electron chi connectivity index (χ3n) is 7.08. The van der Waals surface area contributed by atoms with Crippen LogP contribution >= 0.6 is 0 Å². The first kappa shape index (κ1) is 20.9. The number of hydrogen-bond acceptors (Lipinski definition) is 7. The summed E-state index contributed by atoms with van der Waals surface area (Å²) in [4.78, 5) is 42.6. The van der Waals surface area contributed by atoms with Crippen LogP contribution in [0.2, 0.25) is 0 Å². The molecule has 174 valence electrons. The molecule has 0 aliphatic carbocycles. The molecule has 6 rings (SSSR count). The van der Waals surface area contributed by atoms with Crippen molar-refractivity contribution in [2.24, 2.45) is 22.4 Å². The molecule has 1 unspecified atom stereocenters. The molecule has 2 amide bonds. The molecule has 4 aliphatic rings. The van der Waals surface area contributed by atoms with E-state index < -0.39 is 29.3 Å². The number of ketones is 1. The average Bonchev–Trinajstić information content (AvgIpc) is 3.30. The SMILES string of the molecule is CC(C)(C)C(=O)[C@@H]1[C@@H]2C(=O)N(c3ccc4c(c3)OCCO4)C(=O)[C@@H]2C2c3ccccc3C=NN21. The summed E-state index contributed by atoms with van der Waals surface area (Å²) in [5.41, 5.74) is 1.52. The third kappa shape index (κ3) is 2.84. The lowest BCUT2D eigenvalue weighted by Crippen LogP contribution is -2.48. The fraction of sp³-hybridized carbons (Fsp3) is 0.385. The van der Waals surface area contributed by atoms with Crippen LogP contribution in [0.25, 0.3) is 0 Å². The Balaban J connectivity index is 1.47. The molecule has 4 aliphatic heterocycles. The number of carbonyl (C=O) groups is 3. The number of nitrogens with zero attached hydrogens (tertiary/aromatic N) is 3. The van der Waals surface area contributed by atoms with E-state index in [4.69, 9.17) is 9.47 Å². The molecule has 0 N–H and O–H groups in total. The molecule has 8 nitrogen and oxygen atoms in total. The topological polar surface area (TPSA) is 88.5 Å². The van der Waals surface area contributed by atoms with Crippen LogP contribution in [0.4, 0.5) is 5.69 Å². The third-order valence-corrected chi connectivity index (χ3v) is 7.08. The van der Waals surface area contributed by atoms with Gasteiger partial charge in [-0.25, -0.2) is 4.90 Å². The lowest BCUT2D eigenvalue weighted by molar-refractivity contribution is -0.136. The second kappa shape index (κ2) is 7.16. The molecular formula is C26H25N3O5. The van der Waals surface area contributed by atoms with Crippen molar-refractivity contribution in [1.29, 1.82) is 0 Å². The highest BCUT2D eigenvalue weighted by molar-refractivity contribution is 6.24. The van der Waals surface area contributed by atoms with Gasteiger partial charge in [0.25, 0.3) is 0 Å². The van der Waals surface area contributed by atoms with Crippen LogP contribution in [-0.4, -0.2) is 48.1 Å². The number of anilines is 1. The van der Waals surface area contributed by atoms with E-state index in [-0.39, 0.29) is 17.6 Å². The number of imide groups is 1. The first-order chi connectivity index (χ1) is 16.3. The second-order valence-electron chi connectivity index (χ2n) is 10.1. The van der Waals surface area contributed by atoms with Crippen molar-refractivity contribution in [2.45, 2.75) is 32.9 Å². The number of hydrazone groups is 1. The largest absolute Gasteiger partial charge is 0.486 e. The first-order valence-corrected chi connectivity index (χ1v) is 11.5. The fourth-order valence-electron chi connectivity index (χ4n) is 5.54. The Morgan fingerprint density at radius 3 is 2.44 bits per heavy atom. The van der Waals surface area contributed by atoms with E-state index >= 15 is 0 Å². The zero-order valence-electron chi connectivity index (χ0n) is 19.2. The Hall–Kier alpha value is -3.68. The van der Waals surface area contributed by atoms with Crippen LogP contribution in [0.15, 0.2) is 47.6 Å². The normalized spacial score (nSPS) is 26.9. The minimum absolute atomic E-state index is 0.105. The minimum atomic E-state index is -0.821. The van der Waals surface area contributed by atoms with Crippen LogP contribution in [0.3, 0.4) is 0 Å². The van der Waals surface area contributed by atoms with E-state index in [0.29, 0.717) is 30.4 Å². The van der Waals surface area contributed by atoms with Gasteiger partial charge in [-0.05, 0) is 23.3 Å². The Morgan fingerprint density at radius 2 is 1.68 bits per heavy atom. The number of carbonyl (C=O) groups excluding carboxylic acids is 3. The Bertz CT molecular complexity index is 1260. The standard InChI is InChI=1S/C26H25N3O5/c1-26(2,3)23(30)22-20-19(21-16-7-5-4-6-14(16)13-27-29(21)22)24(31)28(25(20)32)15-8-9-17-18(12-15)34-11-10-33-17/h4-9,12-13,19-22H,10-11H2,1-3H3/t19-,20+,21?,22-/m0/s1. The van der Waals surface area contributed by atoms with Crippen molar-refractivity contribution in [3.8, 4) is 11.5 Å². The predicted octanol–water partition coefficient (Wildman–Crippen LogP) is 2.95. The van der Waals surface area contributed by atoms with E-state index in [2.05, 4.69) is 5.10 Å². The lowest BCUT2D eigenvalue weighted by Gasteiger charge is -2.35. The number of rotatable bonds is 2. The van der Waals surface area contributed by atoms with Gasteiger partial charge in [0, 0.05) is 11.5 Å². The molecule has 2 aromatic carbocycles. The minimum Gasteiger partial charge on any atom is -0.486 e. The van der Waals surface area contributed by atoms with Crippen LogP contribution in [0, 0.1) is 17.3 Å². The van der Waals surface area contributed by atoms with Gasteiger partial charge < -0.3 is 9.47 Å². The molecule has 0 bridgehead atoms. The summed E-state index contributed by atoms with van der Waals surface area (Å²) in [5.74, 6) is -1.26. The van der Waals surface area contributed by atoms with Gasteiger partial charge in [-0.15, -0.1) is 0 Å². The number of benzene rings is 2. The number of Topliss-reactive ketones (excluding diaryl/α,β-unsaturated/α-hetero) is 1. The van der Waals surface area contributed by atoms with Crippen molar-refractivity contribution in [2.75, 3.05) is 18.1 Å². The molecule has 2 saturated heterocycles. The quantitative estimate of drug-likeness (QED) is 0.642. The Kier molecular flexibility index (Phi) is 4.40. The van der Waals surface area contributed by atoms with Crippen molar-refractivity contribution in [1.82, 2.24) is 5.01 Å². The summed E-state index contributed by atoms with van der Waals surface area (Å²) >= 11 is 0. The maximum atomic E-state index is 13.9. The van der Waals surface area contributed by atoms with Gasteiger partial charge in [0.15, 0.2) is 17.3 Å². The van der Waals surface area contributed by atoms with Crippen molar-refractivity contribution < 1.29 is 23.9 Å². The van der Waals surface area contributed by atoms with Gasteiger partial charge >= 0.3 is 0 Å². The second-order valence-corrected chi connectivity index (χ2v) is 10.1. The zero-order chi connectivity index (χ0) is 23.8. The van der Waals surface area contributed by atoms with Gasteiger partial charge in [-0.1, -0.05) is 45.0 Å². The lowest BCUT2D eigenvalue weighted by atomic mass is 9.79. The maximum absolute atomic E-state index is 13.9. The Morgan fingerprint density at radius 1 is 0.971 bits per heavy atom. The molecule has 4 heterocycles. The maximum Gasteiger partial charge on any atom is 0.240 e. The highest BCUT2D eigenvalue weighted by atomic mass is 16.6. The van der Waals surface area contributed by atoms with E-state index in [0.717, 1.165) is 11.1 Å². The van der Waals surface area contributed by atoms with Gasteiger partial charge in [-0.2, -0.15) is 5.10 Å². The first-order valence-electron chi connectivity index (χ1n) is 11.5. The predicted molar refractivity (Wildman–Crippen MR) is 124 cm³/mol. The summed E-state index contributed by atoms with van der Waals surface area (Å²) in [6, 6.07) is 11.5. The number of ether oxygens (including phenoxy) is 2. The molecule has 8 heteroatoms. The molecule has 34 heavy (non-hydrogen) atoms. The molecule has 0 radical (unpaired) electrons. The number of fused-ring (bicyclic) bond motifs is 6. The summed E-state index contributed by atoms with van der Waals surface area (Å²) < 4.78 is 11.3. The van der Waals surface area contributed by atoms with Crippen LogP contribution in [0.5, 0.6) is 11.5 Å². The van der Waals surface area contributed by atoms with Gasteiger partial charge in [0.2, 0.25) is 11.8 Å². The van der Waals surface area contributed by atoms with Crippen LogP contribution in [0.1, 0.15) is 37.9 Å². The van der Waals surface area contributed by atoms with Gasteiger partial charge in [0.05, 0.1) is 29.8 Å². The van der Waals surface area contributed by atoms with Gasteiger partial charge in [-0.3, -0.25) is 19.4 Å². The van der Waals surface area contributed by atoms with Crippen LogP contribution in [-0.2, 0) is 14.4 Å². The summed E-state index contributed by atoms with van der Waals surface area (Å²) in [7, 11) is 0. The van der Waals surface area contributed by atoms with E-state index in [9.17, 15) is 14.4 Å². The highest BCUT2D eigenvalue weighted by Crippen LogP contribution is 2.54. The van der Waals surface area contributed by atoms with Crippen molar-refractivity contribution in [3.63, 3.8) is 0 Å². The van der Waals surface area contributed by atoms with E-state index in [1.165, 1.54) is 4.90 Å². The van der Waals surface area contributed by atoms with Crippen molar-refractivity contribution in [3.05, 3.63) is 53.6 Å². The number of hydrogen-bond donors (Lipinski definition) is 0. The molecule has 2 fully saturated rings. The summed E-state index contributed by atoms with van der Waals surface area (Å²) in [5, 5.41) is 6.28. The summed E-state index contributed by atoms with van der Waals surface area (Å²) in [6.07, 6.45) is 1.71. The molecule has 0 spiro atoms. The van der Waals surface area contributed by atoms with Crippen LogP contribution < -0.4 is 14.4 Å². The van der Waals surface area contributed by atoms with Gasteiger partial charge in [0.1, 0.15) is 19.3 Å². The zero-order valence-corrected chi connectivity index (χ0v) is 19.2. The molecule has 2 aromatic rings. The average molecular weight is 460 g/mol. The highest BCUT2D eigenvalue weighted by Gasteiger charge is 2.66. The molecule has 0 saturated carbocycles. The van der Waals surface area contributed by atoms with Crippen molar-refractivity contribution >= 4 is 29.5 Å². The summed E-state index contributed by atoms with van der Waals surface area (Å²) in [6.45, 7) is 6.35. The molecular weight excluding hydrogens is 434 g/mol. The molecule has 4 atom stereocenters. The Labute approximate surface area is 197 Å². The van der Waals surface area contributed by atoms with E-state index in [1.54, 1.807) is 29.4 Å². The monoisotopic (exact) mass is 459 g/mol.